The highest BCUT2D eigenvalue weighted by Gasteiger charge is 2.06. The Morgan fingerprint density at radius 3 is 2.77 bits per heavy atom. The van der Waals surface area contributed by atoms with Gasteiger partial charge in [0, 0.05) is 15.5 Å². The van der Waals surface area contributed by atoms with E-state index in [4.69, 9.17) is 11.6 Å². The zero-order valence-corrected chi connectivity index (χ0v) is 8.23. The summed E-state index contributed by atoms with van der Waals surface area (Å²) >= 11 is 7.34. The molecule has 0 saturated heterocycles. The number of hydrogen-bond acceptors (Lipinski definition) is 1. The lowest BCUT2D eigenvalue weighted by Crippen LogP contribution is -1.73. The van der Waals surface area contributed by atoms with Crippen molar-refractivity contribution in [2.75, 3.05) is 0 Å². The van der Waals surface area contributed by atoms with Crippen LogP contribution in [0, 0.1) is 0 Å². The predicted octanol–water partition coefficient (Wildman–Crippen LogP) is 4.21. The topological polar surface area (TPSA) is 19.9 Å². The first-order chi connectivity index (χ1) is 6.27. The minimum Gasteiger partial charge on any atom is -0.289 e. The van der Waals surface area contributed by atoms with Crippen LogP contribution in [0.25, 0.3) is 10.4 Å². The van der Waals surface area contributed by atoms with Gasteiger partial charge in [-0.05, 0) is 29.6 Å². The fraction of sp³-hybridized carbons (Fsp3) is 0. The van der Waals surface area contributed by atoms with Gasteiger partial charge in [0.2, 0.25) is 0 Å². The summed E-state index contributed by atoms with van der Waals surface area (Å²) in [5.41, 5.74) is 0.683. The first-order valence-electron chi connectivity index (χ1n) is 3.78. The van der Waals surface area contributed by atoms with Gasteiger partial charge in [0.05, 0.1) is 0 Å². The van der Waals surface area contributed by atoms with E-state index in [0.29, 0.717) is 10.6 Å². The molecule has 0 saturated carbocycles. The van der Waals surface area contributed by atoms with Crippen molar-refractivity contribution in [1.29, 1.82) is 0 Å². The fourth-order valence-corrected chi connectivity index (χ4v) is 2.05. The van der Waals surface area contributed by atoms with E-state index in [1.54, 1.807) is 23.5 Å². The smallest absolute Gasteiger partial charge is 0.187 e. The average molecular weight is 210 g/mol. The van der Waals surface area contributed by atoms with Gasteiger partial charge in [0.25, 0.3) is 0 Å². The van der Waals surface area contributed by atoms with E-state index < -0.39 is 0 Å². The Morgan fingerprint density at radius 1 is 1.23 bits per heavy atom. The molecule has 0 aliphatic rings. The van der Waals surface area contributed by atoms with Crippen LogP contribution < -0.4 is 0 Å². The van der Waals surface area contributed by atoms with Crippen LogP contribution in [0.2, 0.25) is 5.02 Å². The van der Waals surface area contributed by atoms with Crippen LogP contribution in [0.5, 0.6) is 5.75 Å². The number of thiophene rings is 1. The molecule has 0 spiro atoms. The van der Waals surface area contributed by atoms with Crippen LogP contribution in [0.4, 0.5) is 0 Å². The molecular weight excluding hydrogens is 204 g/mol. The van der Waals surface area contributed by atoms with Crippen molar-refractivity contribution >= 4 is 22.9 Å². The highest BCUT2D eigenvalue weighted by molar-refractivity contribution is 7.13. The van der Waals surface area contributed by atoms with Gasteiger partial charge in [-0.2, -0.15) is 0 Å². The Bertz CT molecular complexity index is 409. The van der Waals surface area contributed by atoms with E-state index in [0.717, 1.165) is 4.88 Å². The first-order valence-corrected chi connectivity index (χ1v) is 5.03. The lowest BCUT2D eigenvalue weighted by atomic mass is 10.2. The molecule has 0 amide bonds. The molecule has 1 nitrogen and oxygen atoms in total. The van der Waals surface area contributed by atoms with E-state index in [1.165, 1.54) is 6.07 Å². The number of rotatable bonds is 1. The molecule has 3 heteroatoms. The van der Waals surface area contributed by atoms with Gasteiger partial charge >= 0.3 is 0 Å². The summed E-state index contributed by atoms with van der Waals surface area (Å²) in [4.78, 5) is 0.965. The summed E-state index contributed by atoms with van der Waals surface area (Å²) < 4.78 is 0. The van der Waals surface area contributed by atoms with E-state index in [1.807, 2.05) is 17.5 Å². The first kappa shape index (κ1) is 8.60. The van der Waals surface area contributed by atoms with Crippen molar-refractivity contribution in [3.8, 4) is 16.2 Å². The molecule has 0 N–H and O–H groups in total. The van der Waals surface area contributed by atoms with Crippen molar-refractivity contribution in [2.24, 2.45) is 0 Å². The average Bonchev–Trinajstić information content (AvgIpc) is 2.61. The largest absolute Gasteiger partial charge is 0.289 e. The van der Waals surface area contributed by atoms with Crippen LogP contribution >= 0.6 is 22.9 Å². The molecule has 0 fully saturated rings. The normalized spacial score (nSPS) is 10.2. The summed E-state index contributed by atoms with van der Waals surface area (Å²) in [5, 5.41) is 14.0. The maximum Gasteiger partial charge on any atom is 0.187 e. The molecule has 2 rings (SSSR count). The van der Waals surface area contributed by atoms with Gasteiger partial charge in [-0.3, -0.25) is 5.11 Å². The molecule has 0 unspecified atom stereocenters. The lowest BCUT2D eigenvalue weighted by molar-refractivity contribution is 0.357. The Labute approximate surface area is 85.2 Å². The molecule has 1 aromatic carbocycles. The molecule has 2 aromatic rings. The Morgan fingerprint density at radius 2 is 2.08 bits per heavy atom. The number of hydrogen-bond donors (Lipinski definition) is 0. The second-order valence-electron chi connectivity index (χ2n) is 2.62. The molecule has 0 aliphatic heterocycles. The number of halogens is 1. The zero-order chi connectivity index (χ0) is 9.26. The summed E-state index contributed by atoms with van der Waals surface area (Å²) in [6.45, 7) is 0. The molecule has 13 heavy (non-hydrogen) atoms. The standard InChI is InChI=1S/C10H6ClOS/c11-7-3-4-9(12)8(6-7)10-2-1-5-13-10/h1-6H. The summed E-state index contributed by atoms with van der Waals surface area (Å²) in [7, 11) is 0. The number of benzene rings is 1. The fourth-order valence-electron chi connectivity index (χ4n) is 1.13. The Balaban J connectivity index is 2.57. The van der Waals surface area contributed by atoms with Crippen molar-refractivity contribution in [3.05, 3.63) is 40.7 Å². The highest BCUT2D eigenvalue weighted by atomic mass is 35.5. The van der Waals surface area contributed by atoms with E-state index >= 15 is 0 Å². The Kier molecular flexibility index (Phi) is 2.25. The molecule has 0 atom stereocenters. The van der Waals surface area contributed by atoms with Crippen molar-refractivity contribution < 1.29 is 5.11 Å². The Hall–Kier alpha value is -0.990. The second kappa shape index (κ2) is 3.40. The zero-order valence-electron chi connectivity index (χ0n) is 6.66. The van der Waals surface area contributed by atoms with Crippen molar-refractivity contribution in [2.45, 2.75) is 0 Å². The third-order valence-corrected chi connectivity index (χ3v) is 2.87. The summed E-state index contributed by atoms with van der Waals surface area (Å²) in [6.07, 6.45) is 0. The van der Waals surface area contributed by atoms with Crippen LogP contribution in [0.15, 0.2) is 35.7 Å². The molecule has 0 aliphatic carbocycles. The van der Waals surface area contributed by atoms with Crippen molar-refractivity contribution in [1.82, 2.24) is 0 Å². The second-order valence-corrected chi connectivity index (χ2v) is 4.00. The third kappa shape index (κ3) is 1.69. The molecule has 0 bridgehead atoms. The summed E-state index contributed by atoms with van der Waals surface area (Å²) in [6, 6.07) is 8.65. The van der Waals surface area contributed by atoms with Gasteiger partial charge in [-0.1, -0.05) is 17.7 Å². The van der Waals surface area contributed by atoms with E-state index in [2.05, 4.69) is 0 Å². The van der Waals surface area contributed by atoms with Crippen LogP contribution in [-0.2, 0) is 5.11 Å². The molecule has 1 heterocycles. The van der Waals surface area contributed by atoms with Gasteiger partial charge < -0.3 is 0 Å². The van der Waals surface area contributed by atoms with Gasteiger partial charge in [0.1, 0.15) is 0 Å². The van der Waals surface area contributed by atoms with E-state index in [9.17, 15) is 5.11 Å². The van der Waals surface area contributed by atoms with Crippen LogP contribution in [0.3, 0.4) is 0 Å². The van der Waals surface area contributed by atoms with Crippen molar-refractivity contribution in [3.63, 3.8) is 0 Å². The van der Waals surface area contributed by atoms with Crippen LogP contribution in [0.1, 0.15) is 0 Å². The third-order valence-electron chi connectivity index (χ3n) is 1.73. The lowest BCUT2D eigenvalue weighted by Gasteiger charge is -1.98. The minimum atomic E-state index is 0.0202. The van der Waals surface area contributed by atoms with E-state index in [-0.39, 0.29) is 5.75 Å². The molecule has 1 radical (unpaired) electrons. The maximum atomic E-state index is 11.4. The quantitative estimate of drug-likeness (QED) is 0.671. The molecule has 65 valence electrons. The minimum absolute atomic E-state index is 0.0202. The molecular formula is C10H6ClOS. The highest BCUT2D eigenvalue weighted by Crippen LogP contribution is 2.34. The SMILES string of the molecule is [O]c1ccc(Cl)cc1-c1cccs1. The van der Waals surface area contributed by atoms with Crippen LogP contribution in [-0.4, -0.2) is 0 Å². The van der Waals surface area contributed by atoms with Gasteiger partial charge in [-0.15, -0.1) is 11.3 Å². The summed E-state index contributed by atoms with van der Waals surface area (Å²) in [5.74, 6) is 0.0202. The maximum absolute atomic E-state index is 11.4. The van der Waals surface area contributed by atoms with Gasteiger partial charge in [-0.25, -0.2) is 0 Å². The predicted molar refractivity (Wildman–Crippen MR) is 54.9 cm³/mol. The molecule has 1 aromatic heterocycles. The van der Waals surface area contributed by atoms with Gasteiger partial charge in [0.15, 0.2) is 5.75 Å². The monoisotopic (exact) mass is 209 g/mol.